The van der Waals surface area contributed by atoms with Crippen molar-refractivity contribution in [3.05, 3.63) is 68.2 Å². The topological polar surface area (TPSA) is 54.8 Å². The van der Waals surface area contributed by atoms with Crippen molar-refractivity contribution in [1.29, 1.82) is 0 Å². The Kier molecular flexibility index (Phi) is 6.46. The Hall–Kier alpha value is -2.87. The van der Waals surface area contributed by atoms with Crippen molar-refractivity contribution in [2.24, 2.45) is 0 Å². The van der Waals surface area contributed by atoms with Crippen LogP contribution >= 0.6 is 15.9 Å². The molecule has 1 saturated heterocycles. The van der Waals surface area contributed by atoms with Crippen LogP contribution in [0.25, 0.3) is 16.6 Å². The van der Waals surface area contributed by atoms with E-state index in [2.05, 4.69) is 15.9 Å². The highest BCUT2D eigenvalue weighted by molar-refractivity contribution is 9.10. The Bertz CT molecular complexity index is 1300. The fourth-order valence-corrected chi connectivity index (χ4v) is 4.74. The number of fused-ring (bicyclic) bond motifs is 1. The van der Waals surface area contributed by atoms with Crippen LogP contribution in [-0.4, -0.2) is 47.3 Å². The largest absolute Gasteiger partial charge is 0.444 e. The molecule has 8 heteroatoms. The van der Waals surface area contributed by atoms with Crippen LogP contribution in [0.4, 0.5) is 14.9 Å². The van der Waals surface area contributed by atoms with Gasteiger partial charge in [0.05, 0.1) is 21.4 Å². The van der Waals surface area contributed by atoms with Gasteiger partial charge in [0.2, 0.25) is 0 Å². The fraction of sp³-hybridized carbons (Fsp3) is 0.385. The number of anilines is 1. The number of ether oxygens (including phenoxy) is 1. The first-order chi connectivity index (χ1) is 16.0. The number of halogens is 2. The van der Waals surface area contributed by atoms with Crippen LogP contribution in [0.15, 0.2) is 45.7 Å². The molecule has 0 saturated carbocycles. The van der Waals surface area contributed by atoms with E-state index in [0.717, 1.165) is 16.8 Å². The van der Waals surface area contributed by atoms with Gasteiger partial charge in [-0.2, -0.15) is 0 Å². The summed E-state index contributed by atoms with van der Waals surface area (Å²) in [6.45, 7) is 11.4. The predicted octanol–water partition coefficient (Wildman–Crippen LogP) is 5.57. The maximum atomic E-state index is 14.7. The minimum atomic E-state index is -0.562. The monoisotopic (exact) mass is 529 g/mol. The molecule has 3 aromatic rings. The van der Waals surface area contributed by atoms with Crippen molar-refractivity contribution < 1.29 is 13.9 Å². The van der Waals surface area contributed by atoms with Crippen molar-refractivity contribution in [2.75, 3.05) is 31.1 Å². The molecule has 1 aliphatic rings. The molecule has 6 nitrogen and oxygen atoms in total. The van der Waals surface area contributed by atoms with E-state index in [1.54, 1.807) is 21.6 Å². The Labute approximate surface area is 207 Å². The van der Waals surface area contributed by atoms with E-state index in [1.807, 2.05) is 57.7 Å². The van der Waals surface area contributed by atoms with Gasteiger partial charge in [-0.3, -0.25) is 9.36 Å². The Balaban J connectivity index is 1.77. The molecule has 1 aliphatic heterocycles. The summed E-state index contributed by atoms with van der Waals surface area (Å²) in [6.07, 6.45) is -0.350. The van der Waals surface area contributed by atoms with Crippen molar-refractivity contribution >= 4 is 38.6 Å². The molecule has 2 heterocycles. The predicted molar refractivity (Wildman–Crippen MR) is 137 cm³/mol. The van der Waals surface area contributed by atoms with Gasteiger partial charge in [-0.25, -0.2) is 9.18 Å². The molecule has 2 aromatic carbocycles. The number of para-hydroxylation sites is 1. The fourth-order valence-electron chi connectivity index (χ4n) is 4.41. The van der Waals surface area contributed by atoms with E-state index in [9.17, 15) is 14.0 Å². The number of rotatable bonds is 2. The third kappa shape index (κ3) is 4.69. The van der Waals surface area contributed by atoms with Crippen LogP contribution in [0.2, 0.25) is 0 Å². The van der Waals surface area contributed by atoms with Crippen LogP contribution in [-0.2, 0) is 4.74 Å². The van der Waals surface area contributed by atoms with Gasteiger partial charge in [-0.1, -0.05) is 18.2 Å². The second kappa shape index (κ2) is 9.06. The van der Waals surface area contributed by atoms with Gasteiger partial charge >= 0.3 is 6.09 Å². The molecule has 180 valence electrons. The van der Waals surface area contributed by atoms with Gasteiger partial charge in [-0.15, -0.1) is 0 Å². The van der Waals surface area contributed by atoms with Crippen molar-refractivity contribution in [1.82, 2.24) is 9.47 Å². The average molecular weight is 530 g/mol. The molecule has 1 aromatic heterocycles. The lowest BCUT2D eigenvalue weighted by Crippen LogP contribution is -2.50. The van der Waals surface area contributed by atoms with Gasteiger partial charge in [0.1, 0.15) is 11.4 Å². The van der Waals surface area contributed by atoms with Crippen LogP contribution in [0.3, 0.4) is 0 Å². The second-order valence-electron chi connectivity index (χ2n) is 9.68. The molecular formula is C26H29BrFN3O3. The van der Waals surface area contributed by atoms with Crippen molar-refractivity contribution in [3.8, 4) is 5.69 Å². The highest BCUT2D eigenvalue weighted by Crippen LogP contribution is 2.33. The van der Waals surface area contributed by atoms with Gasteiger partial charge in [-0.05, 0) is 73.8 Å². The van der Waals surface area contributed by atoms with Gasteiger partial charge in [0, 0.05) is 37.6 Å². The molecule has 0 radical (unpaired) electrons. The first kappa shape index (κ1) is 24.3. The zero-order valence-corrected chi connectivity index (χ0v) is 21.7. The highest BCUT2D eigenvalue weighted by atomic mass is 79.9. The number of piperazine rings is 1. The number of nitrogens with zero attached hydrogens (tertiary/aromatic N) is 3. The number of carbonyl (C=O) groups is 1. The van der Waals surface area contributed by atoms with E-state index in [1.165, 1.54) is 6.07 Å². The third-order valence-corrected chi connectivity index (χ3v) is 6.58. The Morgan fingerprint density at radius 2 is 1.65 bits per heavy atom. The van der Waals surface area contributed by atoms with Crippen LogP contribution in [0, 0.1) is 19.7 Å². The summed E-state index contributed by atoms with van der Waals surface area (Å²) in [4.78, 5) is 29.6. The number of aromatic nitrogens is 1. The lowest BCUT2D eigenvalue weighted by Gasteiger charge is -2.37. The summed E-state index contributed by atoms with van der Waals surface area (Å²) in [6, 6.07) is 10.6. The summed E-state index contributed by atoms with van der Waals surface area (Å²) >= 11 is 3.29. The summed E-state index contributed by atoms with van der Waals surface area (Å²) < 4.78 is 22.1. The smallest absolute Gasteiger partial charge is 0.410 e. The average Bonchev–Trinajstić information content (AvgIpc) is 2.75. The molecule has 0 atom stereocenters. The van der Waals surface area contributed by atoms with Gasteiger partial charge in [0.25, 0.3) is 5.56 Å². The quantitative estimate of drug-likeness (QED) is 0.435. The number of amides is 1. The molecule has 34 heavy (non-hydrogen) atoms. The zero-order chi connectivity index (χ0) is 24.8. The first-order valence-electron chi connectivity index (χ1n) is 11.3. The Morgan fingerprint density at radius 3 is 2.24 bits per heavy atom. The number of benzene rings is 2. The molecule has 0 spiro atoms. The number of hydrogen-bond acceptors (Lipinski definition) is 4. The van der Waals surface area contributed by atoms with E-state index in [0.29, 0.717) is 47.2 Å². The van der Waals surface area contributed by atoms with E-state index < -0.39 is 11.4 Å². The molecule has 0 N–H and O–H groups in total. The third-order valence-electron chi connectivity index (χ3n) is 5.97. The van der Waals surface area contributed by atoms with E-state index >= 15 is 0 Å². The van der Waals surface area contributed by atoms with Crippen molar-refractivity contribution in [2.45, 2.75) is 40.2 Å². The number of aryl methyl sites for hydroxylation is 2. The normalized spacial score (nSPS) is 14.6. The standard InChI is InChI=1S/C26H29BrFN3O3/c1-16-7-6-8-17(2)24(16)31-22-14-19(27)20(28)13-18(22)21(15-23(31)32)29-9-11-30(12-10-29)25(33)34-26(3,4)5/h6-8,13-15H,9-12H2,1-5H3. The minimum absolute atomic E-state index is 0.187. The van der Waals surface area contributed by atoms with Crippen LogP contribution in [0.1, 0.15) is 31.9 Å². The summed E-state index contributed by atoms with van der Waals surface area (Å²) in [5.41, 5.74) is 3.27. The molecular weight excluding hydrogens is 501 g/mol. The van der Waals surface area contributed by atoms with E-state index in [-0.39, 0.29) is 11.7 Å². The van der Waals surface area contributed by atoms with Gasteiger partial charge < -0.3 is 14.5 Å². The number of pyridine rings is 1. The maximum Gasteiger partial charge on any atom is 0.410 e. The highest BCUT2D eigenvalue weighted by Gasteiger charge is 2.27. The van der Waals surface area contributed by atoms with E-state index in [4.69, 9.17) is 4.74 Å². The minimum Gasteiger partial charge on any atom is -0.444 e. The van der Waals surface area contributed by atoms with Crippen LogP contribution in [0.5, 0.6) is 0 Å². The number of carbonyl (C=O) groups excluding carboxylic acids is 1. The summed E-state index contributed by atoms with van der Waals surface area (Å²) in [5, 5.41) is 0.647. The molecule has 0 unspecified atom stereocenters. The lowest BCUT2D eigenvalue weighted by molar-refractivity contribution is 0.0240. The molecule has 0 bridgehead atoms. The lowest BCUT2D eigenvalue weighted by atomic mass is 10.1. The summed E-state index contributed by atoms with van der Waals surface area (Å²) in [5.74, 6) is -0.396. The SMILES string of the molecule is Cc1cccc(C)c1-n1c(=O)cc(N2CCN(C(=O)OC(C)(C)C)CC2)c2cc(F)c(Br)cc21. The molecule has 4 rings (SSSR count). The first-order valence-corrected chi connectivity index (χ1v) is 12.1. The zero-order valence-electron chi connectivity index (χ0n) is 20.1. The van der Waals surface area contributed by atoms with Gasteiger partial charge in [0.15, 0.2) is 0 Å². The number of hydrogen-bond donors (Lipinski definition) is 0. The Morgan fingerprint density at radius 1 is 1.03 bits per heavy atom. The summed E-state index contributed by atoms with van der Waals surface area (Å²) in [7, 11) is 0. The second-order valence-corrected chi connectivity index (χ2v) is 10.5. The van der Waals surface area contributed by atoms with Crippen molar-refractivity contribution in [3.63, 3.8) is 0 Å². The molecule has 1 amide bonds. The maximum absolute atomic E-state index is 14.7. The van der Waals surface area contributed by atoms with Crippen LogP contribution < -0.4 is 10.5 Å². The molecule has 1 fully saturated rings. The molecule has 0 aliphatic carbocycles.